The Bertz CT molecular complexity index is 350. The van der Waals surface area contributed by atoms with Gasteiger partial charge in [0.15, 0.2) is 0 Å². The van der Waals surface area contributed by atoms with Gasteiger partial charge in [0.05, 0.1) is 11.9 Å². The van der Waals surface area contributed by atoms with E-state index in [1.807, 2.05) is 12.5 Å². The molecule has 1 aliphatic rings. The zero-order valence-electron chi connectivity index (χ0n) is 11.9. The van der Waals surface area contributed by atoms with Crippen LogP contribution in [-0.2, 0) is 6.54 Å². The van der Waals surface area contributed by atoms with Crippen LogP contribution in [-0.4, -0.2) is 28.3 Å². The van der Waals surface area contributed by atoms with Crippen molar-refractivity contribution in [3.63, 3.8) is 0 Å². The van der Waals surface area contributed by atoms with Crippen LogP contribution in [0.1, 0.15) is 52.1 Å². The van der Waals surface area contributed by atoms with Crippen molar-refractivity contribution in [2.75, 3.05) is 11.6 Å². The molecule has 0 saturated carbocycles. The Kier molecular flexibility index (Phi) is 4.64. The predicted molar refractivity (Wildman–Crippen MR) is 75.2 cm³/mol. The van der Waals surface area contributed by atoms with Crippen LogP contribution in [0.15, 0.2) is 12.5 Å². The van der Waals surface area contributed by atoms with Gasteiger partial charge in [-0.05, 0) is 46.1 Å². The zero-order valence-corrected chi connectivity index (χ0v) is 11.9. The number of nitrogens with zero attached hydrogens (tertiary/aromatic N) is 3. The molecule has 1 aliphatic heterocycles. The average molecular weight is 250 g/mol. The Morgan fingerprint density at radius 3 is 2.72 bits per heavy atom. The van der Waals surface area contributed by atoms with Crippen LogP contribution in [0.4, 0.5) is 0 Å². The van der Waals surface area contributed by atoms with Gasteiger partial charge in [0, 0.05) is 18.6 Å². The summed E-state index contributed by atoms with van der Waals surface area (Å²) >= 11 is 0. The van der Waals surface area contributed by atoms with Crippen molar-refractivity contribution in [2.45, 2.75) is 65.1 Å². The number of aromatic nitrogens is 2. The van der Waals surface area contributed by atoms with Crippen LogP contribution in [0.25, 0.3) is 0 Å². The third-order valence-corrected chi connectivity index (χ3v) is 3.82. The highest BCUT2D eigenvalue weighted by Gasteiger charge is 2.26. The number of hydrogen-bond donors (Lipinski definition) is 1. The van der Waals surface area contributed by atoms with E-state index in [-0.39, 0.29) is 0 Å². The molecule has 102 valence electrons. The summed E-state index contributed by atoms with van der Waals surface area (Å²) in [6, 6.07) is 1.21. The van der Waals surface area contributed by atoms with Crippen molar-refractivity contribution >= 4 is 0 Å². The van der Waals surface area contributed by atoms with E-state index in [1.165, 1.54) is 31.4 Å². The number of imidazole rings is 1. The van der Waals surface area contributed by atoms with Gasteiger partial charge in [0.2, 0.25) is 0 Å². The summed E-state index contributed by atoms with van der Waals surface area (Å²) in [5, 5.41) is 5.94. The highest BCUT2D eigenvalue weighted by molar-refractivity contribution is 5.09. The monoisotopic (exact) mass is 250 g/mol. The Labute approximate surface area is 110 Å². The van der Waals surface area contributed by atoms with Gasteiger partial charge in [-0.3, -0.25) is 0 Å². The molecule has 2 rings (SSSR count). The molecule has 18 heavy (non-hydrogen) atoms. The summed E-state index contributed by atoms with van der Waals surface area (Å²) in [6.07, 6.45) is 9.02. The topological polar surface area (TPSA) is 33.1 Å². The van der Waals surface area contributed by atoms with E-state index in [4.69, 9.17) is 0 Å². The van der Waals surface area contributed by atoms with E-state index in [0.29, 0.717) is 12.1 Å². The fourth-order valence-electron chi connectivity index (χ4n) is 2.88. The van der Waals surface area contributed by atoms with Crippen LogP contribution >= 0.6 is 0 Å². The Hall–Kier alpha value is -1.03. The second kappa shape index (κ2) is 6.23. The molecule has 1 saturated heterocycles. The minimum Gasteiger partial charge on any atom is -0.311 e. The first-order valence-corrected chi connectivity index (χ1v) is 7.24. The van der Waals surface area contributed by atoms with Gasteiger partial charge in [-0.1, -0.05) is 6.92 Å². The van der Waals surface area contributed by atoms with E-state index >= 15 is 0 Å². The smallest absolute Gasteiger partial charge is 0.114 e. The molecule has 4 nitrogen and oxygen atoms in total. The predicted octanol–water partition coefficient (Wildman–Crippen LogP) is 2.28. The molecule has 0 spiro atoms. The molecular formula is C14H26N4. The normalized spacial score (nSPS) is 24.5. The maximum Gasteiger partial charge on any atom is 0.114 e. The average Bonchev–Trinajstić information content (AvgIpc) is 2.78. The van der Waals surface area contributed by atoms with E-state index in [0.717, 1.165) is 13.1 Å². The summed E-state index contributed by atoms with van der Waals surface area (Å²) in [7, 11) is 0. The van der Waals surface area contributed by atoms with Gasteiger partial charge in [-0.15, -0.1) is 0 Å². The fourth-order valence-corrected chi connectivity index (χ4v) is 2.88. The second-order valence-electron chi connectivity index (χ2n) is 5.42. The highest BCUT2D eigenvalue weighted by Crippen LogP contribution is 2.22. The van der Waals surface area contributed by atoms with Crippen molar-refractivity contribution in [2.24, 2.45) is 0 Å². The van der Waals surface area contributed by atoms with Gasteiger partial charge in [0.25, 0.3) is 0 Å². The molecule has 1 fully saturated rings. The van der Waals surface area contributed by atoms with Crippen LogP contribution in [0, 0.1) is 0 Å². The van der Waals surface area contributed by atoms with E-state index < -0.39 is 0 Å². The largest absolute Gasteiger partial charge is 0.311 e. The third kappa shape index (κ3) is 2.86. The number of hydrogen-bond acceptors (Lipinski definition) is 3. The molecule has 4 heteroatoms. The lowest BCUT2D eigenvalue weighted by Crippen LogP contribution is -2.51. The summed E-state index contributed by atoms with van der Waals surface area (Å²) in [5.41, 5.74) is 1.27. The summed E-state index contributed by atoms with van der Waals surface area (Å²) in [5.74, 6) is 0. The fraction of sp³-hybridized carbons (Fsp3) is 0.786. The van der Waals surface area contributed by atoms with Crippen LogP contribution in [0.2, 0.25) is 0 Å². The maximum atomic E-state index is 4.33. The molecule has 2 heterocycles. The van der Waals surface area contributed by atoms with Gasteiger partial charge in [-0.25, -0.2) is 9.66 Å². The highest BCUT2D eigenvalue weighted by atomic mass is 15.6. The molecule has 1 aromatic rings. The number of piperidine rings is 1. The van der Waals surface area contributed by atoms with Crippen molar-refractivity contribution in [1.82, 2.24) is 15.0 Å². The molecule has 2 atom stereocenters. The van der Waals surface area contributed by atoms with Gasteiger partial charge >= 0.3 is 0 Å². The molecule has 2 unspecified atom stereocenters. The molecule has 0 aliphatic carbocycles. The summed E-state index contributed by atoms with van der Waals surface area (Å²) < 4.78 is 2.26. The molecular weight excluding hydrogens is 224 g/mol. The van der Waals surface area contributed by atoms with E-state index in [9.17, 15) is 0 Å². The lowest BCUT2D eigenvalue weighted by atomic mass is 10.00. The number of nitrogens with one attached hydrogen (secondary N) is 1. The van der Waals surface area contributed by atoms with Gasteiger partial charge in [-0.2, -0.15) is 0 Å². The van der Waals surface area contributed by atoms with Gasteiger partial charge in [0.1, 0.15) is 6.33 Å². The van der Waals surface area contributed by atoms with Crippen molar-refractivity contribution in [1.29, 1.82) is 0 Å². The molecule has 0 amide bonds. The van der Waals surface area contributed by atoms with Crippen molar-refractivity contribution < 1.29 is 0 Å². The lowest BCUT2D eigenvalue weighted by Gasteiger charge is -2.41. The SMILES string of the molecule is CCCNCc1cncn1N1C(C)CCCC1C. The standard InChI is InChI=1S/C14H26N4/c1-4-8-15-9-14-10-16-11-17(14)18-12(2)6-5-7-13(18)3/h10-13,15H,4-9H2,1-3H3. The number of rotatable bonds is 5. The lowest BCUT2D eigenvalue weighted by molar-refractivity contribution is 0.330. The minimum atomic E-state index is 0.605. The Morgan fingerprint density at radius 1 is 1.33 bits per heavy atom. The Morgan fingerprint density at radius 2 is 2.06 bits per heavy atom. The summed E-state index contributed by atoms with van der Waals surface area (Å²) in [4.78, 5) is 4.33. The first kappa shape index (κ1) is 13.4. The summed E-state index contributed by atoms with van der Waals surface area (Å²) in [6.45, 7) is 8.80. The van der Waals surface area contributed by atoms with Crippen LogP contribution in [0.5, 0.6) is 0 Å². The van der Waals surface area contributed by atoms with Gasteiger partial charge < -0.3 is 10.3 Å². The second-order valence-corrected chi connectivity index (χ2v) is 5.42. The zero-order chi connectivity index (χ0) is 13.0. The molecule has 1 aromatic heterocycles. The van der Waals surface area contributed by atoms with Crippen LogP contribution in [0.3, 0.4) is 0 Å². The molecule has 1 N–H and O–H groups in total. The minimum absolute atomic E-state index is 0.605. The Balaban J connectivity index is 2.09. The van der Waals surface area contributed by atoms with Crippen LogP contribution < -0.4 is 10.3 Å². The van der Waals surface area contributed by atoms with E-state index in [2.05, 4.69) is 40.8 Å². The molecule has 0 radical (unpaired) electrons. The first-order chi connectivity index (χ1) is 8.74. The first-order valence-electron chi connectivity index (χ1n) is 7.24. The third-order valence-electron chi connectivity index (χ3n) is 3.82. The van der Waals surface area contributed by atoms with Crippen molar-refractivity contribution in [3.05, 3.63) is 18.2 Å². The molecule has 0 bridgehead atoms. The molecule has 0 aromatic carbocycles. The van der Waals surface area contributed by atoms with Crippen molar-refractivity contribution in [3.8, 4) is 0 Å². The quantitative estimate of drug-likeness (QED) is 0.814. The maximum absolute atomic E-state index is 4.33. The van der Waals surface area contributed by atoms with E-state index in [1.54, 1.807) is 0 Å².